The van der Waals surface area contributed by atoms with Crippen molar-refractivity contribution in [2.75, 3.05) is 12.4 Å². The molecule has 0 bridgehead atoms. The molecule has 0 heterocycles. The fourth-order valence-corrected chi connectivity index (χ4v) is 1.25. The van der Waals surface area contributed by atoms with Crippen LogP contribution in [0.3, 0.4) is 0 Å². The van der Waals surface area contributed by atoms with Crippen molar-refractivity contribution in [3.05, 3.63) is 65.2 Å². The number of nitrogens with one attached hydrogen (secondary N) is 1. The van der Waals surface area contributed by atoms with E-state index in [1.807, 2.05) is 65.9 Å². The van der Waals surface area contributed by atoms with E-state index in [0.717, 1.165) is 30.0 Å². The second-order valence-electron chi connectivity index (χ2n) is 5.71. The predicted molar refractivity (Wildman–Crippen MR) is 140 cm³/mol. The second kappa shape index (κ2) is 29.7. The van der Waals surface area contributed by atoms with Gasteiger partial charge in [-0.1, -0.05) is 82.7 Å². The minimum atomic E-state index is -4.22. The number of hydrogen-bond acceptors (Lipinski definition) is 3. The zero-order chi connectivity index (χ0) is 27.5. The third-order valence-corrected chi connectivity index (χ3v) is 2.88. The van der Waals surface area contributed by atoms with E-state index in [2.05, 4.69) is 11.9 Å². The Hall–Kier alpha value is -2.34. The molecule has 0 atom stereocenters. The molecule has 7 heteroatoms. The number of hydrogen-bond donors (Lipinski definition) is 1. The smallest absolute Gasteiger partial charge is 0.388 e. The van der Waals surface area contributed by atoms with Crippen molar-refractivity contribution in [1.29, 1.82) is 0 Å². The van der Waals surface area contributed by atoms with Crippen LogP contribution in [0.4, 0.5) is 18.9 Å². The molecule has 0 saturated heterocycles. The Labute approximate surface area is 204 Å². The Kier molecular flexibility index (Phi) is 36.8. The quantitative estimate of drug-likeness (QED) is 0.335. The van der Waals surface area contributed by atoms with E-state index in [9.17, 15) is 22.8 Å². The van der Waals surface area contributed by atoms with Crippen LogP contribution in [0.2, 0.25) is 5.02 Å². The molecule has 0 aromatic heterocycles. The van der Waals surface area contributed by atoms with E-state index in [-0.39, 0.29) is 5.78 Å². The first-order valence-corrected chi connectivity index (χ1v) is 11.1. The van der Waals surface area contributed by atoms with Crippen LogP contribution in [0.15, 0.2) is 60.2 Å². The third kappa shape index (κ3) is 40.5. The van der Waals surface area contributed by atoms with Crippen molar-refractivity contribution in [2.45, 2.75) is 74.9 Å². The van der Waals surface area contributed by atoms with Gasteiger partial charge in [0.05, 0.1) is 0 Å². The van der Waals surface area contributed by atoms with Crippen molar-refractivity contribution in [1.82, 2.24) is 0 Å². The third-order valence-electron chi connectivity index (χ3n) is 2.65. The molecule has 1 N–H and O–H groups in total. The molecule has 192 valence electrons. The minimum absolute atomic E-state index is 0.167. The van der Waals surface area contributed by atoms with Gasteiger partial charge in [0, 0.05) is 29.8 Å². The summed E-state index contributed by atoms with van der Waals surface area (Å²) in [6, 6.07) is 7.60. The van der Waals surface area contributed by atoms with Gasteiger partial charge in [-0.05, 0) is 45.9 Å². The zero-order valence-corrected chi connectivity index (χ0v) is 22.6. The number of carbonyl (C=O) groups excluding carboxylic acids is 2. The van der Waals surface area contributed by atoms with E-state index in [0.29, 0.717) is 12.0 Å². The second-order valence-corrected chi connectivity index (χ2v) is 6.14. The monoisotopic (exact) mass is 493 g/mol. The molecule has 0 fully saturated rings. The summed E-state index contributed by atoms with van der Waals surface area (Å²) >= 11 is 5.68. The Morgan fingerprint density at radius 2 is 1.48 bits per heavy atom. The van der Waals surface area contributed by atoms with Gasteiger partial charge in [0.2, 0.25) is 0 Å². The van der Waals surface area contributed by atoms with Crippen LogP contribution in [-0.4, -0.2) is 25.3 Å². The maximum absolute atomic E-state index is 11.9. The number of rotatable bonds is 4. The minimum Gasteiger partial charge on any atom is -0.388 e. The van der Waals surface area contributed by atoms with Crippen LogP contribution < -0.4 is 5.32 Å². The summed E-state index contributed by atoms with van der Waals surface area (Å²) < 4.78 is 35.6. The fraction of sp³-hybridized carbons (Fsp3) is 0.462. The topological polar surface area (TPSA) is 46.2 Å². The average molecular weight is 494 g/mol. The highest BCUT2D eigenvalue weighted by Crippen LogP contribution is 2.24. The summed E-state index contributed by atoms with van der Waals surface area (Å²) in [5.74, 6) is 0.167. The lowest BCUT2D eigenvalue weighted by atomic mass is 10.2. The van der Waals surface area contributed by atoms with E-state index < -0.39 is 11.7 Å². The number of anilines is 1. The van der Waals surface area contributed by atoms with Gasteiger partial charge in [-0.25, -0.2) is 0 Å². The first kappa shape index (κ1) is 41.0. The van der Waals surface area contributed by atoms with Crippen molar-refractivity contribution < 1.29 is 22.8 Å². The number of halogens is 4. The first-order valence-electron chi connectivity index (χ1n) is 10.7. The Bertz CT molecular complexity index is 664. The average Bonchev–Trinajstić information content (AvgIpc) is 2.79. The van der Waals surface area contributed by atoms with Crippen LogP contribution in [0, 0.1) is 0 Å². The molecule has 0 radical (unpaired) electrons. The summed E-state index contributed by atoms with van der Waals surface area (Å²) in [5, 5.41) is 3.75. The molecule has 0 aliphatic rings. The standard InChI is InChI=1S/C9H11F3.C7H8ClN.2C3H6O.2C2H6/c1-4-7(2)5-6-8(3)9(10,11)12;1-9-7-4-2-3-6(8)5-7;1-3(2)4;1-2-3-4;2*1-2/h4-6H,1H2,2-3H3;2-5,9H,1H3;1-2H3;3H,2H2,1H3;2*1-2H3/b7-5-,8-6+;;;;;. The van der Waals surface area contributed by atoms with Gasteiger partial charge in [-0.15, -0.1) is 0 Å². The number of benzene rings is 1. The highest BCUT2D eigenvalue weighted by atomic mass is 35.5. The molecule has 1 aromatic rings. The van der Waals surface area contributed by atoms with Crippen LogP contribution in [0.25, 0.3) is 0 Å². The number of alkyl halides is 3. The lowest BCUT2D eigenvalue weighted by Gasteiger charge is -2.04. The number of allylic oxidation sites excluding steroid dienone is 5. The largest absolute Gasteiger partial charge is 0.412 e. The molecular formula is C26H43ClF3NO2. The normalized spacial score (nSPS) is 9.76. The maximum Gasteiger partial charge on any atom is 0.412 e. The molecule has 0 saturated carbocycles. The first-order chi connectivity index (χ1) is 15.3. The van der Waals surface area contributed by atoms with Gasteiger partial charge in [-0.3, -0.25) is 0 Å². The van der Waals surface area contributed by atoms with Gasteiger partial charge >= 0.3 is 6.18 Å². The molecule has 1 aromatic carbocycles. The van der Waals surface area contributed by atoms with E-state index in [1.54, 1.807) is 6.92 Å². The maximum atomic E-state index is 11.9. The number of aldehydes is 1. The summed E-state index contributed by atoms with van der Waals surface area (Å²) in [6.45, 7) is 19.0. The van der Waals surface area contributed by atoms with E-state index >= 15 is 0 Å². The summed E-state index contributed by atoms with van der Waals surface area (Å²) in [4.78, 5) is 18.6. The summed E-state index contributed by atoms with van der Waals surface area (Å²) in [6.07, 6.45) is 1.21. The molecule has 3 nitrogen and oxygen atoms in total. The van der Waals surface area contributed by atoms with Crippen LogP contribution in [-0.2, 0) is 9.59 Å². The lowest BCUT2D eigenvalue weighted by molar-refractivity contribution is -0.115. The molecule has 33 heavy (non-hydrogen) atoms. The SMILES string of the molecule is C=C/C(C)=C\C=C(/C)C(F)(F)F.CC.CC.CC(C)=O.CCC=O.CNc1cccc(Cl)c1. The van der Waals surface area contributed by atoms with Crippen molar-refractivity contribution in [3.63, 3.8) is 0 Å². The van der Waals surface area contributed by atoms with Gasteiger partial charge in [0.25, 0.3) is 0 Å². The molecular weight excluding hydrogens is 451 g/mol. The summed E-state index contributed by atoms with van der Waals surface area (Å²) in [5.41, 5.74) is 1.14. The van der Waals surface area contributed by atoms with Crippen molar-refractivity contribution in [3.8, 4) is 0 Å². The van der Waals surface area contributed by atoms with E-state index in [1.165, 1.54) is 26.0 Å². The van der Waals surface area contributed by atoms with Crippen molar-refractivity contribution in [2.24, 2.45) is 0 Å². The van der Waals surface area contributed by atoms with Gasteiger partial charge in [0.1, 0.15) is 12.1 Å². The Morgan fingerprint density at radius 1 is 1.06 bits per heavy atom. The van der Waals surface area contributed by atoms with Crippen molar-refractivity contribution >= 4 is 29.4 Å². The highest BCUT2D eigenvalue weighted by Gasteiger charge is 2.29. The van der Waals surface area contributed by atoms with Gasteiger partial charge < -0.3 is 14.9 Å². The lowest BCUT2D eigenvalue weighted by Crippen LogP contribution is -2.08. The number of Topliss-reactive ketones (excluding diaryl/α,β-unsaturated/α-hetero) is 1. The molecule has 1 rings (SSSR count). The Balaban J connectivity index is -0.000000109. The van der Waals surface area contributed by atoms with E-state index in [4.69, 9.17) is 11.6 Å². The number of ketones is 1. The van der Waals surface area contributed by atoms with Gasteiger partial charge in [0.15, 0.2) is 0 Å². The highest BCUT2D eigenvalue weighted by molar-refractivity contribution is 6.30. The molecule has 0 unspecified atom stereocenters. The zero-order valence-electron chi connectivity index (χ0n) is 21.9. The van der Waals surface area contributed by atoms with Crippen LogP contribution in [0.1, 0.15) is 68.7 Å². The van der Waals surface area contributed by atoms with Crippen LogP contribution in [0.5, 0.6) is 0 Å². The van der Waals surface area contributed by atoms with Gasteiger partial charge in [-0.2, -0.15) is 13.2 Å². The summed E-state index contributed by atoms with van der Waals surface area (Å²) in [7, 11) is 1.87. The predicted octanol–water partition coefficient (Wildman–Crippen LogP) is 9.25. The Morgan fingerprint density at radius 3 is 1.73 bits per heavy atom. The fourth-order valence-electron chi connectivity index (χ4n) is 1.06. The molecule has 0 spiro atoms. The molecule has 0 aliphatic heterocycles. The molecule has 0 aliphatic carbocycles. The number of carbonyl (C=O) groups is 2. The molecule has 0 amide bonds. The van der Waals surface area contributed by atoms with Crippen LogP contribution >= 0.6 is 11.6 Å².